The molecule has 150 valence electrons. The summed E-state index contributed by atoms with van der Waals surface area (Å²) in [7, 11) is 1.70. The van der Waals surface area contributed by atoms with Gasteiger partial charge in [-0.25, -0.2) is 9.37 Å². The van der Waals surface area contributed by atoms with Crippen LogP contribution in [0.5, 0.6) is 11.6 Å². The van der Waals surface area contributed by atoms with Gasteiger partial charge in [0.15, 0.2) is 17.5 Å². The Morgan fingerprint density at radius 2 is 2.07 bits per heavy atom. The SMILES string of the molecule is CN=C(NCc1ccc(OCC2CC2)nc1)NCC(C)Oc1ccccc1F. The second-order valence-corrected chi connectivity index (χ2v) is 6.92. The molecule has 1 saturated carbocycles. The Morgan fingerprint density at radius 3 is 2.75 bits per heavy atom. The van der Waals surface area contributed by atoms with Gasteiger partial charge >= 0.3 is 0 Å². The van der Waals surface area contributed by atoms with E-state index in [0.29, 0.717) is 30.8 Å². The van der Waals surface area contributed by atoms with Crippen LogP contribution < -0.4 is 20.1 Å². The minimum Gasteiger partial charge on any atom is -0.486 e. The Hall–Kier alpha value is -2.83. The number of benzene rings is 1. The van der Waals surface area contributed by atoms with Crippen molar-refractivity contribution in [3.05, 3.63) is 54.0 Å². The highest BCUT2D eigenvalue weighted by molar-refractivity contribution is 5.79. The van der Waals surface area contributed by atoms with E-state index >= 15 is 0 Å². The van der Waals surface area contributed by atoms with Crippen molar-refractivity contribution in [2.24, 2.45) is 10.9 Å². The number of hydrogen-bond donors (Lipinski definition) is 2. The van der Waals surface area contributed by atoms with Crippen LogP contribution in [0.15, 0.2) is 47.6 Å². The molecule has 1 heterocycles. The minimum absolute atomic E-state index is 0.222. The van der Waals surface area contributed by atoms with Gasteiger partial charge in [0.1, 0.15) is 6.10 Å². The van der Waals surface area contributed by atoms with Gasteiger partial charge in [0.25, 0.3) is 0 Å². The molecule has 2 aromatic rings. The number of ether oxygens (including phenoxy) is 2. The number of nitrogens with zero attached hydrogens (tertiary/aromatic N) is 2. The van der Waals surface area contributed by atoms with Crippen molar-refractivity contribution in [3.8, 4) is 11.6 Å². The van der Waals surface area contributed by atoms with Gasteiger partial charge in [-0.2, -0.15) is 0 Å². The molecule has 0 radical (unpaired) electrons. The van der Waals surface area contributed by atoms with Crippen molar-refractivity contribution >= 4 is 5.96 Å². The highest BCUT2D eigenvalue weighted by Gasteiger charge is 2.22. The van der Waals surface area contributed by atoms with Crippen LogP contribution in [0, 0.1) is 11.7 Å². The highest BCUT2D eigenvalue weighted by Crippen LogP contribution is 2.29. The third kappa shape index (κ3) is 6.40. The van der Waals surface area contributed by atoms with Gasteiger partial charge in [-0.15, -0.1) is 0 Å². The molecule has 1 fully saturated rings. The second kappa shape index (κ2) is 9.92. The molecule has 7 heteroatoms. The average Bonchev–Trinajstić information content (AvgIpc) is 3.54. The van der Waals surface area contributed by atoms with Crippen LogP contribution in [0.2, 0.25) is 0 Å². The Labute approximate surface area is 165 Å². The normalized spacial score (nSPS) is 15.0. The molecule has 1 aliphatic carbocycles. The lowest BCUT2D eigenvalue weighted by Gasteiger charge is -2.18. The van der Waals surface area contributed by atoms with Gasteiger partial charge in [-0.05, 0) is 43.4 Å². The third-order valence-corrected chi connectivity index (χ3v) is 4.37. The molecule has 28 heavy (non-hydrogen) atoms. The average molecular weight is 386 g/mol. The summed E-state index contributed by atoms with van der Waals surface area (Å²) in [5.41, 5.74) is 1.03. The molecule has 0 aliphatic heterocycles. The van der Waals surface area contributed by atoms with E-state index in [9.17, 15) is 4.39 Å². The van der Waals surface area contributed by atoms with Gasteiger partial charge < -0.3 is 20.1 Å². The smallest absolute Gasteiger partial charge is 0.213 e. The number of nitrogens with one attached hydrogen (secondary N) is 2. The summed E-state index contributed by atoms with van der Waals surface area (Å²) in [6.07, 6.45) is 4.10. The zero-order valence-electron chi connectivity index (χ0n) is 16.3. The maximum atomic E-state index is 13.6. The van der Waals surface area contributed by atoms with Crippen LogP contribution in [0.3, 0.4) is 0 Å². The highest BCUT2D eigenvalue weighted by atomic mass is 19.1. The Bertz CT molecular complexity index is 778. The number of aliphatic imine (C=N–C) groups is 1. The maximum absolute atomic E-state index is 13.6. The number of rotatable bonds is 9. The molecule has 1 aromatic carbocycles. The lowest BCUT2D eigenvalue weighted by atomic mass is 10.3. The molecule has 6 nitrogen and oxygen atoms in total. The van der Waals surface area contributed by atoms with E-state index in [1.165, 1.54) is 18.9 Å². The topological polar surface area (TPSA) is 67.8 Å². The molecule has 0 spiro atoms. The first-order valence-corrected chi connectivity index (χ1v) is 9.57. The fourth-order valence-corrected chi connectivity index (χ4v) is 2.53. The van der Waals surface area contributed by atoms with Crippen molar-refractivity contribution in [2.75, 3.05) is 20.2 Å². The van der Waals surface area contributed by atoms with E-state index in [1.54, 1.807) is 31.4 Å². The van der Waals surface area contributed by atoms with Crippen LogP contribution in [0.25, 0.3) is 0 Å². The van der Waals surface area contributed by atoms with Crippen LogP contribution in [-0.2, 0) is 6.54 Å². The number of para-hydroxylation sites is 1. The van der Waals surface area contributed by atoms with Crippen molar-refractivity contribution in [1.29, 1.82) is 0 Å². The van der Waals surface area contributed by atoms with Gasteiger partial charge in [-0.1, -0.05) is 18.2 Å². The van der Waals surface area contributed by atoms with Gasteiger partial charge in [0, 0.05) is 25.9 Å². The molecule has 1 unspecified atom stereocenters. The van der Waals surface area contributed by atoms with Crippen LogP contribution in [0.1, 0.15) is 25.3 Å². The Morgan fingerprint density at radius 1 is 1.25 bits per heavy atom. The lowest BCUT2D eigenvalue weighted by molar-refractivity contribution is 0.214. The van der Waals surface area contributed by atoms with E-state index in [2.05, 4.69) is 20.6 Å². The maximum Gasteiger partial charge on any atom is 0.213 e. The number of guanidine groups is 1. The van der Waals surface area contributed by atoms with Crippen molar-refractivity contribution < 1.29 is 13.9 Å². The third-order valence-electron chi connectivity index (χ3n) is 4.37. The number of halogens is 1. The van der Waals surface area contributed by atoms with E-state index in [4.69, 9.17) is 9.47 Å². The fraction of sp³-hybridized carbons (Fsp3) is 0.429. The van der Waals surface area contributed by atoms with E-state index < -0.39 is 0 Å². The zero-order valence-corrected chi connectivity index (χ0v) is 16.3. The standard InChI is InChI=1S/C21H27FN4O2/c1-15(28-19-6-4-3-5-18(19)22)11-25-21(23-2)26-13-17-9-10-20(24-12-17)27-14-16-7-8-16/h3-6,9-10,12,15-16H,7-8,11,13-14H2,1-2H3,(H2,23,25,26). The molecule has 1 aliphatic rings. The van der Waals surface area contributed by atoms with E-state index in [0.717, 1.165) is 12.2 Å². The summed E-state index contributed by atoms with van der Waals surface area (Å²) >= 11 is 0. The largest absolute Gasteiger partial charge is 0.486 e. The summed E-state index contributed by atoms with van der Waals surface area (Å²) < 4.78 is 24.9. The van der Waals surface area contributed by atoms with Crippen molar-refractivity contribution in [3.63, 3.8) is 0 Å². The molecule has 1 atom stereocenters. The summed E-state index contributed by atoms with van der Waals surface area (Å²) in [4.78, 5) is 8.53. The molecular weight excluding hydrogens is 359 g/mol. The van der Waals surface area contributed by atoms with Gasteiger partial charge in [0.2, 0.25) is 5.88 Å². The molecule has 0 saturated heterocycles. The first kappa shape index (κ1) is 19.9. The summed E-state index contributed by atoms with van der Waals surface area (Å²) in [6.45, 7) is 3.70. The minimum atomic E-state index is -0.367. The van der Waals surface area contributed by atoms with E-state index in [1.807, 2.05) is 19.1 Å². The predicted octanol–water partition coefficient (Wildman–Crippen LogP) is 3.14. The van der Waals surface area contributed by atoms with E-state index in [-0.39, 0.29) is 17.7 Å². The first-order valence-electron chi connectivity index (χ1n) is 9.57. The van der Waals surface area contributed by atoms with Crippen molar-refractivity contribution in [1.82, 2.24) is 15.6 Å². The van der Waals surface area contributed by atoms with Crippen LogP contribution >= 0.6 is 0 Å². The summed E-state index contributed by atoms with van der Waals surface area (Å²) in [5.74, 6) is 1.89. The van der Waals surface area contributed by atoms with Gasteiger partial charge in [0.05, 0.1) is 13.2 Å². The molecule has 1 aromatic heterocycles. The van der Waals surface area contributed by atoms with Crippen LogP contribution in [0.4, 0.5) is 4.39 Å². The zero-order chi connectivity index (χ0) is 19.8. The quantitative estimate of drug-likeness (QED) is 0.512. The monoisotopic (exact) mass is 386 g/mol. The Kier molecular flexibility index (Phi) is 7.06. The van der Waals surface area contributed by atoms with Crippen molar-refractivity contribution in [2.45, 2.75) is 32.4 Å². The molecule has 0 amide bonds. The van der Waals surface area contributed by atoms with Crippen LogP contribution in [-0.4, -0.2) is 37.2 Å². The number of pyridine rings is 1. The summed E-state index contributed by atoms with van der Waals surface area (Å²) in [6, 6.07) is 10.3. The Balaban J connectivity index is 1.39. The van der Waals surface area contributed by atoms with Gasteiger partial charge in [-0.3, -0.25) is 4.99 Å². The molecule has 2 N–H and O–H groups in total. The molecular formula is C21H27FN4O2. The lowest BCUT2D eigenvalue weighted by Crippen LogP contribution is -2.41. The molecule has 3 rings (SSSR count). The summed E-state index contributed by atoms with van der Waals surface area (Å²) in [5, 5.41) is 6.40. The predicted molar refractivity (Wildman–Crippen MR) is 107 cm³/mol. The number of aromatic nitrogens is 1. The number of hydrogen-bond acceptors (Lipinski definition) is 4. The fourth-order valence-electron chi connectivity index (χ4n) is 2.53. The second-order valence-electron chi connectivity index (χ2n) is 6.92. The first-order chi connectivity index (χ1) is 13.6. The molecule has 0 bridgehead atoms.